The summed E-state index contributed by atoms with van der Waals surface area (Å²) in [5.41, 5.74) is 0. The van der Waals surface area contributed by atoms with Crippen molar-refractivity contribution in [3.8, 4) is 0 Å². The summed E-state index contributed by atoms with van der Waals surface area (Å²) < 4.78 is 0. The molecule has 0 saturated heterocycles. The molecule has 1 unspecified atom stereocenters. The predicted molar refractivity (Wildman–Crippen MR) is 43.5 cm³/mol. The zero-order valence-electron chi connectivity index (χ0n) is 6.71. The average molecular weight is 141 g/mol. The number of carbonyl (C=O) groups is 1. The molecule has 0 radical (unpaired) electrons. The van der Waals surface area contributed by atoms with Gasteiger partial charge in [0.15, 0.2) is 0 Å². The highest BCUT2D eigenvalue weighted by Gasteiger charge is 1.89. The van der Waals surface area contributed by atoms with Crippen molar-refractivity contribution in [1.29, 1.82) is 0 Å². The van der Waals surface area contributed by atoms with E-state index < -0.39 is 0 Å². The van der Waals surface area contributed by atoms with Gasteiger partial charge in [-0.2, -0.15) is 0 Å². The fraction of sp³-hybridized carbons (Fsp3) is 0.750. The minimum Gasteiger partial charge on any atom is -0.301 e. The maximum Gasteiger partial charge on any atom is 0.144 e. The first-order valence-electron chi connectivity index (χ1n) is 3.78. The Bertz CT molecular complexity index is 110. The van der Waals surface area contributed by atoms with Gasteiger partial charge in [-0.15, -0.1) is 0 Å². The fourth-order valence-corrected chi connectivity index (χ4v) is 0.571. The third-order valence-electron chi connectivity index (χ3n) is 1.22. The van der Waals surface area contributed by atoms with Crippen molar-refractivity contribution in [1.82, 2.24) is 0 Å². The van der Waals surface area contributed by atoms with Gasteiger partial charge in [0.2, 0.25) is 0 Å². The van der Waals surface area contributed by atoms with Gasteiger partial charge < -0.3 is 4.79 Å². The first-order valence-corrected chi connectivity index (χ1v) is 3.78. The van der Waals surface area contributed by atoms with Crippen LogP contribution in [0.15, 0.2) is 4.99 Å². The van der Waals surface area contributed by atoms with E-state index in [9.17, 15) is 4.79 Å². The van der Waals surface area contributed by atoms with Crippen LogP contribution in [0.3, 0.4) is 0 Å². The second-order valence-corrected chi connectivity index (χ2v) is 2.35. The standard InChI is InChI=1S/C8H15NO/c1-3-4-5-6-9-8(2)7-10/h6-8H,3-5H2,1-2H3/b9-6-. The van der Waals surface area contributed by atoms with E-state index >= 15 is 0 Å². The SMILES string of the molecule is CCCC/C=N\C(C)C=O. The van der Waals surface area contributed by atoms with E-state index in [4.69, 9.17) is 0 Å². The van der Waals surface area contributed by atoms with Crippen LogP contribution in [0, 0.1) is 0 Å². The zero-order valence-corrected chi connectivity index (χ0v) is 6.71. The number of aliphatic imine (C=N–C) groups is 1. The van der Waals surface area contributed by atoms with Crippen molar-refractivity contribution in [3.63, 3.8) is 0 Å². The molecule has 0 aliphatic carbocycles. The molecule has 1 atom stereocenters. The van der Waals surface area contributed by atoms with Gasteiger partial charge in [0.25, 0.3) is 0 Å². The Morgan fingerprint density at radius 3 is 2.80 bits per heavy atom. The monoisotopic (exact) mass is 141 g/mol. The molecule has 0 rings (SSSR count). The maximum absolute atomic E-state index is 10.1. The van der Waals surface area contributed by atoms with Gasteiger partial charge in [-0.3, -0.25) is 4.99 Å². The third-order valence-corrected chi connectivity index (χ3v) is 1.22. The van der Waals surface area contributed by atoms with Crippen molar-refractivity contribution in [2.24, 2.45) is 4.99 Å². The molecular weight excluding hydrogens is 126 g/mol. The Morgan fingerprint density at radius 2 is 2.30 bits per heavy atom. The number of unbranched alkanes of at least 4 members (excludes halogenated alkanes) is 2. The van der Waals surface area contributed by atoms with Crippen LogP contribution in [0.4, 0.5) is 0 Å². The highest BCUT2D eigenvalue weighted by atomic mass is 16.1. The van der Waals surface area contributed by atoms with E-state index in [1.807, 2.05) is 6.21 Å². The lowest BCUT2D eigenvalue weighted by atomic mass is 10.3. The van der Waals surface area contributed by atoms with Crippen molar-refractivity contribution >= 4 is 12.5 Å². The van der Waals surface area contributed by atoms with Crippen molar-refractivity contribution < 1.29 is 4.79 Å². The van der Waals surface area contributed by atoms with Crippen LogP contribution in [0.5, 0.6) is 0 Å². The second kappa shape index (κ2) is 6.46. The molecule has 2 nitrogen and oxygen atoms in total. The summed E-state index contributed by atoms with van der Waals surface area (Å²) in [5, 5.41) is 0. The summed E-state index contributed by atoms with van der Waals surface area (Å²) in [6.07, 6.45) is 6.02. The Balaban J connectivity index is 3.26. The van der Waals surface area contributed by atoms with Gasteiger partial charge in [-0.05, 0) is 26.0 Å². The van der Waals surface area contributed by atoms with Crippen LogP contribution in [0.25, 0.3) is 0 Å². The summed E-state index contributed by atoms with van der Waals surface area (Å²) in [5.74, 6) is 0. The highest BCUT2D eigenvalue weighted by Crippen LogP contribution is 1.91. The van der Waals surface area contributed by atoms with E-state index in [1.54, 1.807) is 6.92 Å². The molecule has 0 fully saturated rings. The average Bonchev–Trinajstić information content (AvgIpc) is 1.98. The lowest BCUT2D eigenvalue weighted by molar-refractivity contribution is -0.108. The quantitative estimate of drug-likeness (QED) is 0.326. The molecule has 0 aromatic rings. The van der Waals surface area contributed by atoms with Gasteiger partial charge >= 0.3 is 0 Å². The molecule has 0 bridgehead atoms. The van der Waals surface area contributed by atoms with Gasteiger partial charge in [0.1, 0.15) is 12.3 Å². The molecule has 0 aromatic carbocycles. The first kappa shape index (κ1) is 9.34. The number of rotatable bonds is 5. The lowest BCUT2D eigenvalue weighted by Gasteiger charge is -1.92. The molecule has 0 aliphatic heterocycles. The van der Waals surface area contributed by atoms with Gasteiger partial charge in [-0.25, -0.2) is 0 Å². The highest BCUT2D eigenvalue weighted by molar-refractivity contribution is 5.64. The molecule has 0 amide bonds. The Morgan fingerprint density at radius 1 is 1.60 bits per heavy atom. The van der Waals surface area contributed by atoms with Crippen LogP contribution >= 0.6 is 0 Å². The molecule has 58 valence electrons. The van der Waals surface area contributed by atoms with E-state index in [1.165, 1.54) is 6.42 Å². The smallest absolute Gasteiger partial charge is 0.144 e. The summed E-state index contributed by atoms with van der Waals surface area (Å²) in [6, 6.07) is -0.156. The summed E-state index contributed by atoms with van der Waals surface area (Å²) in [6.45, 7) is 3.92. The largest absolute Gasteiger partial charge is 0.301 e. The molecule has 0 spiro atoms. The molecule has 0 heterocycles. The minimum atomic E-state index is -0.156. The number of nitrogens with zero attached hydrogens (tertiary/aromatic N) is 1. The lowest BCUT2D eigenvalue weighted by Crippen LogP contribution is -1.98. The topological polar surface area (TPSA) is 29.4 Å². The molecular formula is C8H15NO. The van der Waals surface area contributed by atoms with Crippen LogP contribution in [0.2, 0.25) is 0 Å². The van der Waals surface area contributed by atoms with Crippen LogP contribution in [0.1, 0.15) is 33.1 Å². The first-order chi connectivity index (χ1) is 4.81. The minimum absolute atomic E-state index is 0.156. The molecule has 0 aromatic heterocycles. The van der Waals surface area contributed by atoms with Crippen LogP contribution < -0.4 is 0 Å². The number of carbonyl (C=O) groups excluding carboxylic acids is 1. The predicted octanol–water partition coefficient (Wildman–Crippen LogP) is 1.83. The van der Waals surface area contributed by atoms with E-state index in [0.717, 1.165) is 19.1 Å². The number of hydrogen-bond acceptors (Lipinski definition) is 2. The number of aldehydes is 1. The summed E-state index contributed by atoms with van der Waals surface area (Å²) in [7, 11) is 0. The summed E-state index contributed by atoms with van der Waals surface area (Å²) in [4.78, 5) is 14.0. The van der Waals surface area contributed by atoms with Crippen molar-refractivity contribution in [2.45, 2.75) is 39.2 Å². The van der Waals surface area contributed by atoms with E-state index in [-0.39, 0.29) is 6.04 Å². The Kier molecular flexibility index (Phi) is 6.03. The molecule has 0 aliphatic rings. The van der Waals surface area contributed by atoms with Gasteiger partial charge in [0.05, 0.1) is 0 Å². The van der Waals surface area contributed by atoms with E-state index in [2.05, 4.69) is 11.9 Å². The zero-order chi connectivity index (χ0) is 7.82. The number of hydrogen-bond donors (Lipinski definition) is 0. The van der Waals surface area contributed by atoms with Crippen molar-refractivity contribution in [3.05, 3.63) is 0 Å². The molecule has 2 heteroatoms. The molecule has 0 saturated carbocycles. The Labute approximate surface area is 62.4 Å². The molecule has 10 heavy (non-hydrogen) atoms. The maximum atomic E-state index is 10.1. The summed E-state index contributed by atoms with van der Waals surface area (Å²) >= 11 is 0. The van der Waals surface area contributed by atoms with Crippen molar-refractivity contribution in [2.75, 3.05) is 0 Å². The van der Waals surface area contributed by atoms with Gasteiger partial charge in [0, 0.05) is 0 Å². The Hall–Kier alpha value is -0.660. The van der Waals surface area contributed by atoms with E-state index in [0.29, 0.717) is 0 Å². The normalized spacial score (nSPS) is 13.8. The fourth-order valence-electron chi connectivity index (χ4n) is 0.571. The van der Waals surface area contributed by atoms with Gasteiger partial charge in [-0.1, -0.05) is 13.3 Å². The second-order valence-electron chi connectivity index (χ2n) is 2.35. The third kappa shape index (κ3) is 5.48. The molecule has 0 N–H and O–H groups in total. The van der Waals surface area contributed by atoms with Crippen LogP contribution in [-0.4, -0.2) is 18.5 Å². The van der Waals surface area contributed by atoms with Crippen LogP contribution in [-0.2, 0) is 4.79 Å².